The Morgan fingerprint density at radius 2 is 2.12 bits per heavy atom. The van der Waals surface area contributed by atoms with E-state index in [2.05, 4.69) is 19.2 Å². The number of amides is 1. The monoisotopic (exact) mass is 218 g/mol. The fraction of sp³-hybridized carbons (Fsp3) is 0.462. The van der Waals surface area contributed by atoms with Crippen LogP contribution in [0.4, 0.5) is 11.4 Å². The van der Waals surface area contributed by atoms with Gasteiger partial charge < -0.3 is 11.1 Å². The highest BCUT2D eigenvalue weighted by Gasteiger charge is 2.44. The minimum Gasteiger partial charge on any atom is -0.399 e. The van der Waals surface area contributed by atoms with Crippen LogP contribution in [0.2, 0.25) is 0 Å². The minimum absolute atomic E-state index is 0.123. The van der Waals surface area contributed by atoms with Gasteiger partial charge in [-0.05, 0) is 36.6 Å². The van der Waals surface area contributed by atoms with Gasteiger partial charge in [0.15, 0.2) is 0 Å². The Labute approximate surface area is 96.0 Å². The van der Waals surface area contributed by atoms with Crippen molar-refractivity contribution in [2.75, 3.05) is 11.1 Å². The summed E-state index contributed by atoms with van der Waals surface area (Å²) in [6.45, 7) is 4.17. The number of fused-ring (bicyclic) bond motifs is 1. The molecule has 3 heteroatoms. The van der Waals surface area contributed by atoms with Crippen molar-refractivity contribution in [2.45, 2.75) is 38.5 Å². The largest absolute Gasteiger partial charge is 0.399 e. The number of nitrogens with two attached hydrogens (primary N) is 1. The molecular weight excluding hydrogens is 200 g/mol. The maximum Gasteiger partial charge on any atom is 0.235 e. The average Bonchev–Trinajstić information content (AvgIpc) is 2.53. The summed E-state index contributed by atoms with van der Waals surface area (Å²) in [6.07, 6.45) is 2.70. The molecule has 86 valence electrons. The lowest BCUT2D eigenvalue weighted by molar-refractivity contribution is -0.121. The van der Waals surface area contributed by atoms with Gasteiger partial charge in [-0.15, -0.1) is 0 Å². The first-order valence-electron chi connectivity index (χ1n) is 5.85. The fourth-order valence-electron chi connectivity index (χ4n) is 2.63. The molecule has 0 spiro atoms. The van der Waals surface area contributed by atoms with Gasteiger partial charge in [-0.25, -0.2) is 0 Å². The normalized spacial score (nSPS) is 23.0. The highest BCUT2D eigenvalue weighted by molar-refractivity contribution is 6.06. The SMILES string of the molecule is CCCC1(CC)C(=O)Nc2ccc(N)cc21. The van der Waals surface area contributed by atoms with Gasteiger partial charge in [0.25, 0.3) is 0 Å². The number of nitrogens with one attached hydrogen (secondary N) is 1. The van der Waals surface area contributed by atoms with Gasteiger partial charge >= 0.3 is 0 Å². The molecular formula is C13H18N2O. The summed E-state index contributed by atoms with van der Waals surface area (Å²) in [5.41, 5.74) is 8.17. The molecule has 1 amide bonds. The van der Waals surface area contributed by atoms with Crippen molar-refractivity contribution >= 4 is 17.3 Å². The van der Waals surface area contributed by atoms with Crippen LogP contribution in [0, 0.1) is 0 Å². The number of hydrogen-bond donors (Lipinski definition) is 2. The molecule has 0 saturated heterocycles. The summed E-state index contributed by atoms with van der Waals surface area (Å²) in [5, 5.41) is 2.96. The molecule has 3 N–H and O–H groups in total. The van der Waals surface area contributed by atoms with Crippen LogP contribution in [0.1, 0.15) is 38.7 Å². The Morgan fingerprint density at radius 3 is 2.75 bits per heavy atom. The van der Waals surface area contributed by atoms with E-state index in [4.69, 9.17) is 5.73 Å². The predicted octanol–water partition coefficient (Wildman–Crippen LogP) is 2.67. The molecule has 16 heavy (non-hydrogen) atoms. The first-order chi connectivity index (χ1) is 7.64. The van der Waals surface area contributed by atoms with Crippen LogP contribution in [0.25, 0.3) is 0 Å². The Balaban J connectivity index is 2.55. The van der Waals surface area contributed by atoms with E-state index >= 15 is 0 Å². The zero-order chi connectivity index (χ0) is 11.8. The smallest absolute Gasteiger partial charge is 0.235 e. The van der Waals surface area contributed by atoms with Crippen LogP contribution in [0.5, 0.6) is 0 Å². The molecule has 1 atom stereocenters. The molecule has 2 rings (SSSR count). The summed E-state index contributed by atoms with van der Waals surface area (Å²) >= 11 is 0. The molecule has 0 radical (unpaired) electrons. The highest BCUT2D eigenvalue weighted by Crippen LogP contribution is 2.44. The lowest BCUT2D eigenvalue weighted by Crippen LogP contribution is -2.33. The summed E-state index contributed by atoms with van der Waals surface area (Å²) in [4.78, 5) is 12.1. The first kappa shape index (κ1) is 11.0. The van der Waals surface area contributed by atoms with Crippen LogP contribution >= 0.6 is 0 Å². The Morgan fingerprint density at radius 1 is 1.38 bits per heavy atom. The lowest BCUT2D eigenvalue weighted by Gasteiger charge is -2.25. The zero-order valence-corrected chi connectivity index (χ0v) is 9.84. The second kappa shape index (κ2) is 3.81. The van der Waals surface area contributed by atoms with Gasteiger partial charge in [-0.1, -0.05) is 20.3 Å². The number of hydrogen-bond acceptors (Lipinski definition) is 2. The van der Waals surface area contributed by atoms with Gasteiger partial charge in [0.1, 0.15) is 0 Å². The molecule has 0 aromatic heterocycles. The van der Waals surface area contributed by atoms with Gasteiger partial charge in [-0.2, -0.15) is 0 Å². The van der Waals surface area contributed by atoms with E-state index in [0.717, 1.165) is 36.2 Å². The lowest BCUT2D eigenvalue weighted by atomic mass is 9.75. The molecule has 1 aliphatic rings. The predicted molar refractivity (Wildman–Crippen MR) is 66.4 cm³/mol. The van der Waals surface area contributed by atoms with E-state index in [1.54, 1.807) is 0 Å². The van der Waals surface area contributed by atoms with Crippen molar-refractivity contribution in [3.63, 3.8) is 0 Å². The van der Waals surface area contributed by atoms with E-state index in [-0.39, 0.29) is 11.3 Å². The third-order valence-electron chi connectivity index (χ3n) is 3.52. The van der Waals surface area contributed by atoms with Crippen LogP contribution in [-0.4, -0.2) is 5.91 Å². The van der Waals surface area contributed by atoms with Gasteiger partial charge in [0.2, 0.25) is 5.91 Å². The molecule has 0 aliphatic carbocycles. The maximum absolute atomic E-state index is 12.1. The van der Waals surface area contributed by atoms with Crippen LogP contribution in [0.15, 0.2) is 18.2 Å². The summed E-state index contributed by atoms with van der Waals surface area (Å²) < 4.78 is 0. The van der Waals surface area contributed by atoms with E-state index in [9.17, 15) is 4.79 Å². The molecule has 0 fully saturated rings. The van der Waals surface area contributed by atoms with Crippen LogP contribution < -0.4 is 11.1 Å². The van der Waals surface area contributed by atoms with Crippen LogP contribution in [0.3, 0.4) is 0 Å². The first-order valence-corrected chi connectivity index (χ1v) is 5.85. The van der Waals surface area contributed by atoms with E-state index in [1.165, 1.54) is 0 Å². The molecule has 1 unspecified atom stereocenters. The van der Waals surface area contributed by atoms with Crippen molar-refractivity contribution in [1.29, 1.82) is 0 Å². The highest BCUT2D eigenvalue weighted by atomic mass is 16.2. The Bertz CT molecular complexity index is 428. The zero-order valence-electron chi connectivity index (χ0n) is 9.84. The second-order valence-corrected chi connectivity index (χ2v) is 4.44. The summed E-state index contributed by atoms with van der Waals surface area (Å²) in [6, 6.07) is 5.67. The third kappa shape index (κ3) is 1.39. The van der Waals surface area contributed by atoms with Crippen molar-refractivity contribution < 1.29 is 4.79 Å². The maximum atomic E-state index is 12.1. The number of nitrogen functional groups attached to an aromatic ring is 1. The number of rotatable bonds is 3. The quantitative estimate of drug-likeness (QED) is 0.766. The van der Waals surface area contributed by atoms with Gasteiger partial charge in [0, 0.05) is 11.4 Å². The number of carbonyl (C=O) groups is 1. The van der Waals surface area contributed by atoms with Gasteiger partial charge in [0.05, 0.1) is 5.41 Å². The van der Waals surface area contributed by atoms with Crippen LogP contribution in [-0.2, 0) is 10.2 Å². The average molecular weight is 218 g/mol. The minimum atomic E-state index is -0.362. The van der Waals surface area contributed by atoms with E-state index in [1.807, 2.05) is 18.2 Å². The molecule has 0 saturated carbocycles. The molecule has 1 aliphatic heterocycles. The molecule has 1 heterocycles. The molecule has 3 nitrogen and oxygen atoms in total. The number of carbonyl (C=O) groups excluding carboxylic acids is 1. The Hall–Kier alpha value is -1.51. The van der Waals surface area contributed by atoms with Crippen molar-refractivity contribution in [3.05, 3.63) is 23.8 Å². The van der Waals surface area contributed by atoms with E-state index in [0.29, 0.717) is 0 Å². The topological polar surface area (TPSA) is 55.1 Å². The van der Waals surface area contributed by atoms with Crippen molar-refractivity contribution in [1.82, 2.24) is 0 Å². The third-order valence-corrected chi connectivity index (χ3v) is 3.52. The van der Waals surface area contributed by atoms with E-state index < -0.39 is 0 Å². The second-order valence-electron chi connectivity index (χ2n) is 4.44. The molecule has 1 aromatic rings. The standard InChI is InChI=1S/C13H18N2O/c1-3-7-13(4-2)10-8-9(14)5-6-11(10)15-12(13)16/h5-6,8H,3-4,7,14H2,1-2H3,(H,15,16). The van der Waals surface area contributed by atoms with Crippen molar-refractivity contribution in [2.24, 2.45) is 0 Å². The van der Waals surface area contributed by atoms with Crippen molar-refractivity contribution in [3.8, 4) is 0 Å². The summed E-state index contributed by atoms with van der Waals surface area (Å²) in [7, 11) is 0. The van der Waals surface area contributed by atoms with Gasteiger partial charge in [-0.3, -0.25) is 4.79 Å². The summed E-state index contributed by atoms with van der Waals surface area (Å²) in [5.74, 6) is 0.123. The fourth-order valence-corrected chi connectivity index (χ4v) is 2.63. The Kier molecular flexibility index (Phi) is 2.62. The molecule has 1 aromatic carbocycles. The number of benzene rings is 1. The molecule has 0 bridgehead atoms. The number of anilines is 2.